The Morgan fingerprint density at radius 1 is 1.24 bits per heavy atom. The van der Waals surface area contributed by atoms with Gasteiger partial charge in [-0.3, -0.25) is 9.69 Å². The van der Waals surface area contributed by atoms with Crippen molar-refractivity contribution >= 4 is 5.97 Å². The van der Waals surface area contributed by atoms with Gasteiger partial charge in [-0.15, -0.1) is 0 Å². The van der Waals surface area contributed by atoms with E-state index in [4.69, 9.17) is 14.0 Å². The van der Waals surface area contributed by atoms with Gasteiger partial charge >= 0.3 is 5.97 Å². The number of hydrogen-bond acceptors (Lipinski definition) is 8. The molecule has 1 aliphatic heterocycles. The molecule has 0 radical (unpaired) electrons. The Morgan fingerprint density at radius 2 is 2.00 bits per heavy atom. The second kappa shape index (κ2) is 9.84. The van der Waals surface area contributed by atoms with Crippen LogP contribution in [0.15, 0.2) is 47.0 Å². The predicted octanol–water partition coefficient (Wildman–Crippen LogP) is 4.06. The van der Waals surface area contributed by atoms with E-state index in [0.29, 0.717) is 35.1 Å². The Labute approximate surface area is 192 Å². The summed E-state index contributed by atoms with van der Waals surface area (Å²) in [6.07, 6.45) is 0.801. The second-order valence-corrected chi connectivity index (χ2v) is 8.35. The molecule has 1 saturated heterocycles. The molecule has 8 nitrogen and oxygen atoms in total. The van der Waals surface area contributed by atoms with E-state index in [1.165, 1.54) is 7.11 Å². The largest absolute Gasteiger partial charge is 0.490 e. The zero-order chi connectivity index (χ0) is 23.4. The van der Waals surface area contributed by atoms with Crippen molar-refractivity contribution in [2.45, 2.75) is 32.9 Å². The minimum absolute atomic E-state index is 0.0272. The molecular formula is C25H26N4O4. The van der Waals surface area contributed by atoms with Crippen molar-refractivity contribution in [2.24, 2.45) is 5.92 Å². The molecule has 0 spiro atoms. The maximum atomic E-state index is 11.7. The van der Waals surface area contributed by atoms with Gasteiger partial charge in [0.15, 0.2) is 0 Å². The fourth-order valence-corrected chi connectivity index (χ4v) is 3.92. The first-order valence-electron chi connectivity index (χ1n) is 10.9. The standard InChI is InChI=1S/C25H26N4O4/c1-16(2)32-22-9-8-19(12-21(22)13-26)24-27-23(28-33-24)18-6-4-17(5-7-18)14-29-11-10-20(15-29)25(30)31-3/h4-9,12,16,20H,10-11,14-15H2,1-3H3. The summed E-state index contributed by atoms with van der Waals surface area (Å²) in [7, 11) is 1.44. The van der Waals surface area contributed by atoms with Crippen molar-refractivity contribution in [1.29, 1.82) is 5.26 Å². The molecule has 0 N–H and O–H groups in total. The number of carbonyl (C=O) groups excluding carboxylic acids is 1. The van der Waals surface area contributed by atoms with Crippen LogP contribution in [0, 0.1) is 17.2 Å². The second-order valence-electron chi connectivity index (χ2n) is 8.35. The van der Waals surface area contributed by atoms with Crippen molar-refractivity contribution in [3.8, 4) is 34.7 Å². The molecule has 8 heteroatoms. The van der Waals surface area contributed by atoms with Crippen LogP contribution in [0.3, 0.4) is 0 Å². The first-order valence-corrected chi connectivity index (χ1v) is 10.9. The zero-order valence-electron chi connectivity index (χ0n) is 18.9. The smallest absolute Gasteiger partial charge is 0.310 e. The normalized spacial score (nSPS) is 16.0. The lowest BCUT2D eigenvalue weighted by Crippen LogP contribution is -2.23. The van der Waals surface area contributed by atoms with Gasteiger partial charge in [0.1, 0.15) is 11.8 Å². The van der Waals surface area contributed by atoms with Gasteiger partial charge in [0.2, 0.25) is 5.82 Å². The third-order valence-electron chi connectivity index (χ3n) is 5.56. The fraction of sp³-hybridized carbons (Fsp3) is 0.360. The van der Waals surface area contributed by atoms with E-state index < -0.39 is 0 Å². The van der Waals surface area contributed by atoms with Gasteiger partial charge in [0, 0.05) is 24.2 Å². The van der Waals surface area contributed by atoms with E-state index in [1.807, 2.05) is 38.1 Å². The molecule has 1 aromatic heterocycles. The minimum atomic E-state index is -0.135. The van der Waals surface area contributed by atoms with Crippen LogP contribution in [0.1, 0.15) is 31.4 Å². The topological polar surface area (TPSA) is 101 Å². The summed E-state index contributed by atoms with van der Waals surface area (Å²) in [5, 5.41) is 13.5. The number of esters is 1. The lowest BCUT2D eigenvalue weighted by molar-refractivity contribution is -0.144. The lowest BCUT2D eigenvalue weighted by atomic mass is 10.1. The average molecular weight is 447 g/mol. The van der Waals surface area contributed by atoms with E-state index in [9.17, 15) is 10.1 Å². The van der Waals surface area contributed by atoms with Crippen LogP contribution in [-0.2, 0) is 16.1 Å². The van der Waals surface area contributed by atoms with Crippen LogP contribution in [0.4, 0.5) is 0 Å². The molecule has 170 valence electrons. The van der Waals surface area contributed by atoms with Gasteiger partial charge in [-0.1, -0.05) is 29.4 Å². The van der Waals surface area contributed by atoms with Crippen molar-refractivity contribution in [3.05, 3.63) is 53.6 Å². The zero-order valence-corrected chi connectivity index (χ0v) is 18.9. The Hall–Kier alpha value is -3.70. The van der Waals surface area contributed by atoms with Crippen LogP contribution in [0.5, 0.6) is 5.75 Å². The minimum Gasteiger partial charge on any atom is -0.490 e. The summed E-state index contributed by atoms with van der Waals surface area (Å²) in [6.45, 7) is 6.19. The van der Waals surface area contributed by atoms with Crippen molar-refractivity contribution < 1.29 is 18.8 Å². The summed E-state index contributed by atoms with van der Waals surface area (Å²) >= 11 is 0. The highest BCUT2D eigenvalue weighted by atomic mass is 16.5. The highest BCUT2D eigenvalue weighted by Crippen LogP contribution is 2.28. The average Bonchev–Trinajstić information content (AvgIpc) is 3.49. The third-order valence-corrected chi connectivity index (χ3v) is 5.56. The lowest BCUT2D eigenvalue weighted by Gasteiger charge is -2.15. The quantitative estimate of drug-likeness (QED) is 0.501. The number of carbonyl (C=O) groups is 1. The van der Waals surface area contributed by atoms with E-state index in [2.05, 4.69) is 21.1 Å². The van der Waals surface area contributed by atoms with Gasteiger partial charge in [0.05, 0.1) is 24.7 Å². The van der Waals surface area contributed by atoms with E-state index in [1.54, 1.807) is 18.2 Å². The van der Waals surface area contributed by atoms with Gasteiger partial charge in [-0.2, -0.15) is 10.2 Å². The van der Waals surface area contributed by atoms with Crippen molar-refractivity contribution in [1.82, 2.24) is 15.0 Å². The fourth-order valence-electron chi connectivity index (χ4n) is 3.92. The van der Waals surface area contributed by atoms with E-state index >= 15 is 0 Å². The number of likely N-dealkylation sites (tertiary alicyclic amines) is 1. The number of benzene rings is 2. The number of ether oxygens (including phenoxy) is 2. The Bertz CT molecular complexity index is 1160. The summed E-state index contributed by atoms with van der Waals surface area (Å²) in [5.74, 6) is 1.17. The van der Waals surface area contributed by atoms with Crippen LogP contribution >= 0.6 is 0 Å². The molecule has 3 aromatic rings. The summed E-state index contributed by atoms with van der Waals surface area (Å²) in [4.78, 5) is 18.5. The Balaban J connectivity index is 1.44. The number of methoxy groups -OCH3 is 1. The maximum absolute atomic E-state index is 11.7. The van der Waals surface area contributed by atoms with Crippen LogP contribution in [0.25, 0.3) is 22.8 Å². The molecule has 2 heterocycles. The number of hydrogen-bond donors (Lipinski definition) is 0. The van der Waals surface area contributed by atoms with Crippen LogP contribution in [0.2, 0.25) is 0 Å². The molecule has 1 unspecified atom stereocenters. The molecule has 0 amide bonds. The van der Waals surface area contributed by atoms with Gasteiger partial charge in [0.25, 0.3) is 5.89 Å². The highest BCUT2D eigenvalue weighted by Gasteiger charge is 2.28. The molecule has 1 atom stereocenters. The SMILES string of the molecule is COC(=O)C1CCN(Cc2ccc(-c3noc(-c4ccc(OC(C)C)c(C#N)c4)n3)cc2)C1. The molecule has 0 bridgehead atoms. The number of aromatic nitrogens is 2. The summed E-state index contributed by atoms with van der Waals surface area (Å²) in [5.41, 5.74) is 3.06. The Morgan fingerprint density at radius 3 is 2.70 bits per heavy atom. The summed E-state index contributed by atoms with van der Waals surface area (Å²) in [6, 6.07) is 15.4. The van der Waals surface area contributed by atoms with E-state index in [-0.39, 0.29) is 18.0 Å². The number of nitriles is 1. The van der Waals surface area contributed by atoms with Gasteiger partial charge in [-0.25, -0.2) is 0 Å². The first kappa shape index (κ1) is 22.5. The molecule has 0 saturated carbocycles. The third kappa shape index (κ3) is 5.21. The molecule has 2 aromatic carbocycles. The maximum Gasteiger partial charge on any atom is 0.310 e. The molecule has 4 rings (SSSR count). The molecule has 1 fully saturated rings. The van der Waals surface area contributed by atoms with Gasteiger partial charge in [-0.05, 0) is 50.6 Å². The van der Waals surface area contributed by atoms with Crippen LogP contribution < -0.4 is 4.74 Å². The monoisotopic (exact) mass is 446 g/mol. The van der Waals surface area contributed by atoms with Crippen molar-refractivity contribution in [3.63, 3.8) is 0 Å². The molecule has 1 aliphatic rings. The molecule has 0 aliphatic carbocycles. The van der Waals surface area contributed by atoms with Crippen LogP contribution in [-0.4, -0.2) is 47.3 Å². The predicted molar refractivity (Wildman–Crippen MR) is 121 cm³/mol. The highest BCUT2D eigenvalue weighted by molar-refractivity contribution is 5.72. The Kier molecular flexibility index (Phi) is 6.71. The molecular weight excluding hydrogens is 420 g/mol. The molecule has 33 heavy (non-hydrogen) atoms. The van der Waals surface area contributed by atoms with E-state index in [0.717, 1.165) is 30.6 Å². The number of nitrogens with zero attached hydrogens (tertiary/aromatic N) is 4. The van der Waals surface area contributed by atoms with Gasteiger partial charge < -0.3 is 14.0 Å². The number of rotatable bonds is 7. The first-order chi connectivity index (χ1) is 16.0. The summed E-state index contributed by atoms with van der Waals surface area (Å²) < 4.78 is 16.0. The van der Waals surface area contributed by atoms with Crippen molar-refractivity contribution in [2.75, 3.05) is 20.2 Å².